The number of aromatic nitrogens is 1. The van der Waals surface area contributed by atoms with E-state index in [4.69, 9.17) is 16.7 Å². The van der Waals surface area contributed by atoms with Gasteiger partial charge >= 0.3 is 5.97 Å². The molecule has 2 aromatic rings. The Morgan fingerprint density at radius 1 is 1.50 bits per heavy atom. The third kappa shape index (κ3) is 1.59. The number of fused-ring (bicyclic) bond motifs is 1. The first-order valence-electron chi connectivity index (χ1n) is 4.15. The summed E-state index contributed by atoms with van der Waals surface area (Å²) in [5.74, 6) is -0.854. The number of aliphatic carboxylic acids is 1. The fourth-order valence-corrected chi connectivity index (χ4v) is 1.66. The van der Waals surface area contributed by atoms with Gasteiger partial charge < -0.3 is 10.1 Å². The molecule has 2 rings (SSSR count). The third-order valence-corrected chi connectivity index (χ3v) is 2.32. The van der Waals surface area contributed by atoms with Gasteiger partial charge in [0.15, 0.2) is 0 Å². The van der Waals surface area contributed by atoms with Crippen LogP contribution in [0.25, 0.3) is 10.9 Å². The lowest BCUT2D eigenvalue weighted by molar-refractivity contribution is -0.136. The number of hydrogen-bond acceptors (Lipinski definition) is 1. The Bertz CT molecular complexity index is 490. The van der Waals surface area contributed by atoms with Gasteiger partial charge in [-0.05, 0) is 12.1 Å². The average molecular weight is 210 g/mol. The van der Waals surface area contributed by atoms with Crippen molar-refractivity contribution in [3.8, 4) is 0 Å². The number of nitrogens with one attached hydrogen (secondary N) is 1. The predicted octanol–water partition coefficient (Wildman–Crippen LogP) is 2.45. The first kappa shape index (κ1) is 9.09. The van der Waals surface area contributed by atoms with Crippen LogP contribution in [-0.2, 0) is 11.2 Å². The highest BCUT2D eigenvalue weighted by Crippen LogP contribution is 2.23. The molecule has 0 bridgehead atoms. The number of carbonyl (C=O) groups is 1. The zero-order valence-electron chi connectivity index (χ0n) is 7.25. The summed E-state index contributed by atoms with van der Waals surface area (Å²) in [4.78, 5) is 13.5. The van der Waals surface area contributed by atoms with Gasteiger partial charge in [0.25, 0.3) is 0 Å². The van der Waals surface area contributed by atoms with Crippen molar-refractivity contribution in [3.63, 3.8) is 0 Å². The predicted molar refractivity (Wildman–Crippen MR) is 54.6 cm³/mol. The van der Waals surface area contributed by atoms with Crippen LogP contribution in [-0.4, -0.2) is 16.1 Å². The highest BCUT2D eigenvalue weighted by Gasteiger charge is 2.06. The van der Waals surface area contributed by atoms with Gasteiger partial charge in [-0.15, -0.1) is 0 Å². The van der Waals surface area contributed by atoms with Crippen LogP contribution in [0, 0.1) is 0 Å². The number of H-pyrrole nitrogens is 1. The molecule has 1 aromatic heterocycles. The Kier molecular flexibility index (Phi) is 2.17. The first-order valence-corrected chi connectivity index (χ1v) is 4.52. The Balaban J connectivity index is 2.51. The van der Waals surface area contributed by atoms with Crippen molar-refractivity contribution >= 4 is 28.5 Å². The summed E-state index contributed by atoms with van der Waals surface area (Å²) in [5.41, 5.74) is 1.46. The van der Waals surface area contributed by atoms with Crippen molar-refractivity contribution in [2.45, 2.75) is 6.42 Å². The zero-order chi connectivity index (χ0) is 10.1. The van der Waals surface area contributed by atoms with Crippen LogP contribution < -0.4 is 0 Å². The summed E-state index contributed by atoms with van der Waals surface area (Å²) < 4.78 is 0. The van der Waals surface area contributed by atoms with E-state index in [1.165, 1.54) is 0 Å². The van der Waals surface area contributed by atoms with E-state index in [1.807, 2.05) is 12.1 Å². The van der Waals surface area contributed by atoms with E-state index in [-0.39, 0.29) is 6.42 Å². The molecule has 0 aliphatic rings. The monoisotopic (exact) mass is 209 g/mol. The van der Waals surface area contributed by atoms with Gasteiger partial charge in [0.2, 0.25) is 0 Å². The Morgan fingerprint density at radius 2 is 2.29 bits per heavy atom. The second-order valence-corrected chi connectivity index (χ2v) is 3.48. The molecule has 0 aliphatic heterocycles. The van der Waals surface area contributed by atoms with E-state index in [1.54, 1.807) is 12.1 Å². The van der Waals surface area contributed by atoms with Crippen molar-refractivity contribution < 1.29 is 9.90 Å². The maximum absolute atomic E-state index is 10.5. The summed E-state index contributed by atoms with van der Waals surface area (Å²) in [6.07, 6.45) is -0.00892. The van der Waals surface area contributed by atoms with Gasteiger partial charge in [-0.2, -0.15) is 0 Å². The van der Waals surface area contributed by atoms with E-state index in [0.717, 1.165) is 10.9 Å². The summed E-state index contributed by atoms with van der Waals surface area (Å²) in [5, 5.41) is 10.2. The minimum Gasteiger partial charge on any atom is -0.481 e. The van der Waals surface area contributed by atoms with Gasteiger partial charge in [0.05, 0.1) is 17.0 Å². The van der Waals surface area contributed by atoms with E-state index in [0.29, 0.717) is 10.7 Å². The van der Waals surface area contributed by atoms with Crippen LogP contribution in [0.4, 0.5) is 0 Å². The number of para-hydroxylation sites is 1. The molecular formula is C10H8ClNO2. The molecule has 0 amide bonds. The summed E-state index contributed by atoms with van der Waals surface area (Å²) >= 11 is 5.93. The quantitative estimate of drug-likeness (QED) is 0.798. The lowest BCUT2D eigenvalue weighted by Gasteiger charge is -1.91. The van der Waals surface area contributed by atoms with Crippen LogP contribution in [0.5, 0.6) is 0 Å². The number of carboxylic acid groups (broad SMARTS) is 1. The first-order chi connectivity index (χ1) is 6.66. The number of benzene rings is 1. The molecule has 2 N–H and O–H groups in total. The van der Waals surface area contributed by atoms with Crippen molar-refractivity contribution in [1.82, 2.24) is 4.98 Å². The van der Waals surface area contributed by atoms with Gasteiger partial charge in [-0.25, -0.2) is 0 Å². The Labute approximate surface area is 85.3 Å². The molecule has 72 valence electrons. The summed E-state index contributed by atoms with van der Waals surface area (Å²) in [6.45, 7) is 0. The maximum atomic E-state index is 10.5. The smallest absolute Gasteiger partial charge is 0.309 e. The molecule has 0 radical (unpaired) electrons. The van der Waals surface area contributed by atoms with E-state index in [2.05, 4.69) is 4.98 Å². The lowest BCUT2D eigenvalue weighted by Crippen LogP contribution is -1.99. The van der Waals surface area contributed by atoms with Crippen molar-refractivity contribution in [2.75, 3.05) is 0 Å². The van der Waals surface area contributed by atoms with Crippen LogP contribution in [0.3, 0.4) is 0 Å². The number of rotatable bonds is 2. The normalized spacial score (nSPS) is 10.6. The molecule has 3 nitrogen and oxygen atoms in total. The minimum absolute atomic E-state index is 0.00892. The van der Waals surface area contributed by atoms with E-state index >= 15 is 0 Å². The fraction of sp³-hybridized carbons (Fsp3) is 0.100. The maximum Gasteiger partial charge on any atom is 0.309 e. The van der Waals surface area contributed by atoms with Gasteiger partial charge in [0, 0.05) is 11.1 Å². The number of aromatic amines is 1. The van der Waals surface area contributed by atoms with E-state index < -0.39 is 5.97 Å². The average Bonchev–Trinajstić information content (AvgIpc) is 2.47. The standard InChI is InChI=1S/C10H8ClNO2/c11-8-3-1-2-6-4-7(5-9(13)14)12-10(6)8/h1-4,12H,5H2,(H,13,14). The van der Waals surface area contributed by atoms with Crippen molar-refractivity contribution in [3.05, 3.63) is 35.0 Å². The van der Waals surface area contributed by atoms with Crippen LogP contribution in [0.1, 0.15) is 5.69 Å². The molecule has 0 unspecified atom stereocenters. The number of carboxylic acids is 1. The molecule has 0 aliphatic carbocycles. The minimum atomic E-state index is -0.854. The van der Waals surface area contributed by atoms with Crippen LogP contribution in [0.15, 0.2) is 24.3 Å². The van der Waals surface area contributed by atoms with Crippen molar-refractivity contribution in [1.29, 1.82) is 0 Å². The lowest BCUT2D eigenvalue weighted by atomic mass is 10.2. The van der Waals surface area contributed by atoms with Crippen LogP contribution in [0.2, 0.25) is 5.02 Å². The van der Waals surface area contributed by atoms with Gasteiger partial charge in [-0.1, -0.05) is 23.7 Å². The molecule has 0 spiro atoms. The largest absolute Gasteiger partial charge is 0.481 e. The molecule has 0 atom stereocenters. The molecule has 1 aromatic carbocycles. The Morgan fingerprint density at radius 3 is 2.93 bits per heavy atom. The topological polar surface area (TPSA) is 53.1 Å². The van der Waals surface area contributed by atoms with Crippen molar-refractivity contribution in [2.24, 2.45) is 0 Å². The second kappa shape index (κ2) is 3.35. The number of hydrogen-bond donors (Lipinski definition) is 2. The fourth-order valence-electron chi connectivity index (χ4n) is 1.44. The highest BCUT2D eigenvalue weighted by atomic mass is 35.5. The summed E-state index contributed by atoms with van der Waals surface area (Å²) in [7, 11) is 0. The highest BCUT2D eigenvalue weighted by molar-refractivity contribution is 6.35. The Hall–Kier alpha value is -1.48. The molecular weight excluding hydrogens is 202 g/mol. The zero-order valence-corrected chi connectivity index (χ0v) is 8.01. The SMILES string of the molecule is O=C(O)Cc1cc2cccc(Cl)c2[nH]1. The molecule has 1 heterocycles. The molecule has 0 saturated heterocycles. The molecule has 4 heteroatoms. The molecule has 0 fully saturated rings. The number of halogens is 1. The third-order valence-electron chi connectivity index (χ3n) is 2.00. The van der Waals surface area contributed by atoms with Crippen LogP contribution >= 0.6 is 11.6 Å². The second-order valence-electron chi connectivity index (χ2n) is 3.07. The summed E-state index contributed by atoms with van der Waals surface area (Å²) in [6, 6.07) is 7.30. The van der Waals surface area contributed by atoms with Gasteiger partial charge in [0.1, 0.15) is 0 Å². The molecule has 0 saturated carbocycles. The van der Waals surface area contributed by atoms with Gasteiger partial charge in [-0.3, -0.25) is 4.79 Å². The van der Waals surface area contributed by atoms with E-state index in [9.17, 15) is 4.79 Å². The molecule has 14 heavy (non-hydrogen) atoms.